The van der Waals surface area contributed by atoms with Crippen LogP contribution in [0.1, 0.15) is 59.8 Å². The molecule has 0 unspecified atom stereocenters. The lowest BCUT2D eigenvalue weighted by molar-refractivity contribution is 0.00842. The first-order valence-corrected chi connectivity index (χ1v) is 7.26. The highest BCUT2D eigenvalue weighted by atomic mass is 16.5. The molecule has 102 valence electrons. The van der Waals surface area contributed by atoms with Crippen molar-refractivity contribution in [2.75, 3.05) is 26.3 Å². The molecule has 1 heterocycles. The van der Waals surface area contributed by atoms with E-state index in [9.17, 15) is 0 Å². The molecular weight excluding hydrogens is 210 g/mol. The summed E-state index contributed by atoms with van der Waals surface area (Å²) < 4.78 is 5.52. The minimum Gasteiger partial charge on any atom is -0.381 e. The fourth-order valence-electron chi connectivity index (χ4n) is 2.70. The minimum absolute atomic E-state index is 0.477. The third kappa shape index (κ3) is 5.87. The number of nitrogens with one attached hydrogen (secondary N) is 1. The van der Waals surface area contributed by atoms with Crippen LogP contribution in [0.25, 0.3) is 0 Å². The second kappa shape index (κ2) is 6.75. The molecule has 1 fully saturated rings. The average molecular weight is 241 g/mol. The molecule has 0 aromatic heterocycles. The van der Waals surface area contributed by atoms with Gasteiger partial charge < -0.3 is 10.1 Å². The van der Waals surface area contributed by atoms with Gasteiger partial charge in [0, 0.05) is 19.8 Å². The first-order valence-electron chi connectivity index (χ1n) is 7.26. The lowest BCUT2D eigenvalue weighted by Crippen LogP contribution is -2.39. The molecule has 0 aromatic rings. The number of hydrogen-bond donors (Lipinski definition) is 1. The maximum Gasteiger partial charge on any atom is 0.0471 e. The molecule has 0 atom stereocenters. The van der Waals surface area contributed by atoms with Crippen molar-refractivity contribution >= 4 is 0 Å². The second-order valence-corrected chi connectivity index (χ2v) is 6.81. The molecule has 0 amide bonds. The van der Waals surface area contributed by atoms with Gasteiger partial charge in [-0.1, -0.05) is 34.1 Å². The summed E-state index contributed by atoms with van der Waals surface area (Å²) in [6.45, 7) is 13.4. The van der Waals surface area contributed by atoms with Crippen LogP contribution in [-0.2, 0) is 4.74 Å². The van der Waals surface area contributed by atoms with E-state index in [2.05, 4.69) is 33.0 Å². The van der Waals surface area contributed by atoms with Crippen molar-refractivity contribution in [3.8, 4) is 0 Å². The molecule has 1 aliphatic rings. The van der Waals surface area contributed by atoms with Gasteiger partial charge in [0.15, 0.2) is 0 Å². The third-order valence-corrected chi connectivity index (χ3v) is 3.94. The quantitative estimate of drug-likeness (QED) is 0.767. The SMILES string of the molecule is CCNCC1(CCCC(C)(C)C)CCOCC1. The van der Waals surface area contributed by atoms with Crippen LogP contribution in [0, 0.1) is 10.8 Å². The number of hydrogen-bond acceptors (Lipinski definition) is 2. The standard InChI is InChI=1S/C15H31NO/c1-5-16-13-15(9-11-17-12-10-15)8-6-7-14(2,3)4/h16H,5-13H2,1-4H3. The van der Waals surface area contributed by atoms with Crippen molar-refractivity contribution in [1.82, 2.24) is 5.32 Å². The van der Waals surface area contributed by atoms with Crippen LogP contribution < -0.4 is 5.32 Å². The van der Waals surface area contributed by atoms with Crippen molar-refractivity contribution in [2.24, 2.45) is 10.8 Å². The van der Waals surface area contributed by atoms with Gasteiger partial charge in [0.2, 0.25) is 0 Å². The van der Waals surface area contributed by atoms with Crippen molar-refractivity contribution < 1.29 is 4.74 Å². The van der Waals surface area contributed by atoms with Gasteiger partial charge in [-0.25, -0.2) is 0 Å². The zero-order valence-corrected chi connectivity index (χ0v) is 12.3. The molecule has 2 heteroatoms. The van der Waals surface area contributed by atoms with Crippen LogP contribution >= 0.6 is 0 Å². The predicted molar refractivity (Wildman–Crippen MR) is 74.3 cm³/mol. The van der Waals surface area contributed by atoms with Crippen molar-refractivity contribution in [3.05, 3.63) is 0 Å². The Morgan fingerprint density at radius 3 is 2.35 bits per heavy atom. The summed E-state index contributed by atoms with van der Waals surface area (Å²) in [7, 11) is 0. The summed E-state index contributed by atoms with van der Waals surface area (Å²) in [6.07, 6.45) is 6.53. The molecule has 1 N–H and O–H groups in total. The summed E-state index contributed by atoms with van der Waals surface area (Å²) in [5, 5.41) is 3.55. The number of rotatable bonds is 6. The first-order chi connectivity index (χ1) is 7.97. The van der Waals surface area contributed by atoms with Crippen LogP contribution in [0.4, 0.5) is 0 Å². The Morgan fingerprint density at radius 1 is 1.18 bits per heavy atom. The highest BCUT2D eigenvalue weighted by molar-refractivity contribution is 4.84. The maximum absolute atomic E-state index is 5.52. The second-order valence-electron chi connectivity index (χ2n) is 6.81. The molecule has 1 rings (SSSR count). The molecule has 0 radical (unpaired) electrons. The molecule has 17 heavy (non-hydrogen) atoms. The number of ether oxygens (including phenoxy) is 1. The Hall–Kier alpha value is -0.0800. The maximum atomic E-state index is 5.52. The lowest BCUT2D eigenvalue weighted by atomic mass is 9.74. The van der Waals surface area contributed by atoms with Crippen molar-refractivity contribution in [2.45, 2.75) is 59.8 Å². The Kier molecular flexibility index (Phi) is 5.94. The monoisotopic (exact) mass is 241 g/mol. The highest BCUT2D eigenvalue weighted by Crippen LogP contribution is 2.36. The molecule has 0 saturated carbocycles. The Morgan fingerprint density at radius 2 is 1.82 bits per heavy atom. The van der Waals surface area contributed by atoms with Gasteiger partial charge in [0.05, 0.1) is 0 Å². The highest BCUT2D eigenvalue weighted by Gasteiger charge is 2.31. The molecule has 0 spiro atoms. The minimum atomic E-state index is 0.477. The first kappa shape index (κ1) is 15.0. The molecule has 0 aromatic carbocycles. The van der Waals surface area contributed by atoms with E-state index in [1.807, 2.05) is 0 Å². The van der Waals surface area contributed by atoms with Crippen LogP contribution in [0.2, 0.25) is 0 Å². The topological polar surface area (TPSA) is 21.3 Å². The summed E-state index contributed by atoms with van der Waals surface area (Å²) in [6, 6.07) is 0. The van der Waals surface area contributed by atoms with Gasteiger partial charge in [-0.15, -0.1) is 0 Å². The summed E-state index contributed by atoms with van der Waals surface area (Å²) >= 11 is 0. The fourth-order valence-corrected chi connectivity index (χ4v) is 2.70. The van der Waals surface area contributed by atoms with E-state index in [0.29, 0.717) is 10.8 Å². The molecular formula is C15H31NO. The van der Waals surface area contributed by atoms with Gasteiger partial charge in [0.25, 0.3) is 0 Å². The van der Waals surface area contributed by atoms with Crippen LogP contribution in [0.5, 0.6) is 0 Å². The van der Waals surface area contributed by atoms with Gasteiger partial charge >= 0.3 is 0 Å². The van der Waals surface area contributed by atoms with Gasteiger partial charge in [0.1, 0.15) is 0 Å². The third-order valence-electron chi connectivity index (χ3n) is 3.94. The molecule has 1 aliphatic heterocycles. The van der Waals surface area contributed by atoms with Gasteiger partial charge in [-0.2, -0.15) is 0 Å². The summed E-state index contributed by atoms with van der Waals surface area (Å²) in [5.74, 6) is 0. The van der Waals surface area contributed by atoms with Crippen molar-refractivity contribution in [1.29, 1.82) is 0 Å². The van der Waals surface area contributed by atoms with E-state index in [1.54, 1.807) is 0 Å². The predicted octanol–water partition coefficient (Wildman–Crippen LogP) is 3.61. The Bertz CT molecular complexity index is 201. The molecule has 0 bridgehead atoms. The average Bonchev–Trinajstić information content (AvgIpc) is 2.26. The normalized spacial score (nSPS) is 20.5. The van der Waals surface area contributed by atoms with E-state index < -0.39 is 0 Å². The molecule has 0 aliphatic carbocycles. The van der Waals surface area contributed by atoms with Crippen LogP contribution in [0.15, 0.2) is 0 Å². The van der Waals surface area contributed by atoms with Crippen molar-refractivity contribution in [3.63, 3.8) is 0 Å². The zero-order chi connectivity index (χ0) is 12.8. The Labute approximate surface area is 108 Å². The Balaban J connectivity index is 2.40. The van der Waals surface area contributed by atoms with E-state index in [4.69, 9.17) is 4.74 Å². The van der Waals surface area contributed by atoms with Crippen LogP contribution in [-0.4, -0.2) is 26.3 Å². The van der Waals surface area contributed by atoms with E-state index in [0.717, 1.165) is 19.8 Å². The van der Waals surface area contributed by atoms with Gasteiger partial charge in [-0.05, 0) is 43.1 Å². The summed E-state index contributed by atoms with van der Waals surface area (Å²) in [4.78, 5) is 0. The van der Waals surface area contributed by atoms with Gasteiger partial charge in [-0.3, -0.25) is 0 Å². The molecule has 2 nitrogen and oxygen atoms in total. The molecule has 1 saturated heterocycles. The van der Waals surface area contributed by atoms with Crippen LogP contribution in [0.3, 0.4) is 0 Å². The largest absolute Gasteiger partial charge is 0.381 e. The lowest BCUT2D eigenvalue weighted by Gasteiger charge is -2.38. The smallest absolute Gasteiger partial charge is 0.0471 e. The fraction of sp³-hybridized carbons (Fsp3) is 1.00. The van der Waals surface area contributed by atoms with E-state index >= 15 is 0 Å². The van der Waals surface area contributed by atoms with E-state index in [-0.39, 0.29) is 0 Å². The van der Waals surface area contributed by atoms with E-state index in [1.165, 1.54) is 38.6 Å². The summed E-state index contributed by atoms with van der Waals surface area (Å²) in [5.41, 5.74) is 0.990. The zero-order valence-electron chi connectivity index (χ0n) is 12.3.